The van der Waals surface area contributed by atoms with Gasteiger partial charge in [0.15, 0.2) is 11.5 Å². The van der Waals surface area contributed by atoms with Crippen molar-refractivity contribution < 1.29 is 14.4 Å². The molecule has 0 bridgehead atoms. The van der Waals surface area contributed by atoms with Crippen molar-refractivity contribution in [2.75, 3.05) is 20.8 Å². The molecule has 8 heteroatoms. The van der Waals surface area contributed by atoms with Gasteiger partial charge in [0.2, 0.25) is 0 Å². The molecular formula is C19H20N4O4. The second-order valence-electron chi connectivity index (χ2n) is 6.56. The van der Waals surface area contributed by atoms with Gasteiger partial charge in [-0.15, -0.1) is 0 Å². The molecule has 0 atom stereocenters. The number of aromatic nitrogens is 2. The van der Waals surface area contributed by atoms with Crippen molar-refractivity contribution in [2.45, 2.75) is 19.6 Å². The van der Waals surface area contributed by atoms with Crippen molar-refractivity contribution in [3.63, 3.8) is 0 Å². The van der Waals surface area contributed by atoms with E-state index in [1.54, 1.807) is 32.5 Å². The highest BCUT2D eigenvalue weighted by atomic mass is 16.6. The van der Waals surface area contributed by atoms with Gasteiger partial charge in [0.25, 0.3) is 5.69 Å². The standard InChI is InChI=1S/C19H20N4O4/c1-26-18-7-13-5-6-21(11-15(13)8-19(18)27-2)12-22-17-9-16(23(24)25)4-3-14(17)10-20-22/h3-4,7-10H,5-6,11-12H2,1-2H3. The molecule has 3 aromatic rings. The number of methoxy groups -OCH3 is 2. The number of benzene rings is 2. The van der Waals surface area contributed by atoms with Gasteiger partial charge in [-0.2, -0.15) is 5.10 Å². The predicted octanol–water partition coefficient (Wildman–Crippen LogP) is 2.98. The number of non-ortho nitro benzene ring substituents is 1. The highest BCUT2D eigenvalue weighted by Crippen LogP contribution is 2.33. The maximum Gasteiger partial charge on any atom is 0.271 e. The van der Waals surface area contributed by atoms with Crippen LogP contribution in [0, 0.1) is 10.1 Å². The molecule has 1 aromatic heterocycles. The van der Waals surface area contributed by atoms with E-state index >= 15 is 0 Å². The first-order valence-corrected chi connectivity index (χ1v) is 8.65. The summed E-state index contributed by atoms with van der Waals surface area (Å²) in [5.41, 5.74) is 3.29. The zero-order valence-electron chi connectivity index (χ0n) is 15.2. The monoisotopic (exact) mass is 368 g/mol. The minimum absolute atomic E-state index is 0.0741. The maximum atomic E-state index is 11.1. The largest absolute Gasteiger partial charge is 0.493 e. The molecule has 0 saturated carbocycles. The predicted molar refractivity (Wildman–Crippen MR) is 100 cm³/mol. The first-order chi connectivity index (χ1) is 13.1. The average Bonchev–Trinajstić information content (AvgIpc) is 3.08. The summed E-state index contributed by atoms with van der Waals surface area (Å²) in [5.74, 6) is 1.47. The number of hydrogen-bond acceptors (Lipinski definition) is 6. The van der Waals surface area contributed by atoms with E-state index in [0.29, 0.717) is 6.67 Å². The minimum Gasteiger partial charge on any atom is -0.493 e. The van der Waals surface area contributed by atoms with E-state index in [9.17, 15) is 10.1 Å². The summed E-state index contributed by atoms with van der Waals surface area (Å²) < 4.78 is 12.6. The van der Waals surface area contributed by atoms with Gasteiger partial charge >= 0.3 is 0 Å². The summed E-state index contributed by atoms with van der Waals surface area (Å²) in [7, 11) is 3.27. The summed E-state index contributed by atoms with van der Waals surface area (Å²) in [6, 6.07) is 8.88. The zero-order valence-corrected chi connectivity index (χ0v) is 15.2. The molecule has 4 rings (SSSR count). The Morgan fingerprint density at radius 1 is 1.15 bits per heavy atom. The van der Waals surface area contributed by atoms with E-state index in [0.717, 1.165) is 41.9 Å². The van der Waals surface area contributed by atoms with Crippen LogP contribution in [0.4, 0.5) is 5.69 Å². The van der Waals surface area contributed by atoms with Crippen molar-refractivity contribution in [3.8, 4) is 11.5 Å². The van der Waals surface area contributed by atoms with Crippen molar-refractivity contribution in [1.29, 1.82) is 0 Å². The molecular weight excluding hydrogens is 348 g/mol. The van der Waals surface area contributed by atoms with Gasteiger partial charge in [0.05, 0.1) is 37.5 Å². The Kier molecular flexibility index (Phi) is 4.41. The maximum absolute atomic E-state index is 11.1. The van der Waals surface area contributed by atoms with E-state index < -0.39 is 0 Å². The third kappa shape index (κ3) is 3.19. The molecule has 0 aliphatic carbocycles. The second-order valence-corrected chi connectivity index (χ2v) is 6.56. The lowest BCUT2D eigenvalue weighted by Crippen LogP contribution is -2.32. The molecule has 1 aliphatic rings. The van der Waals surface area contributed by atoms with Crippen LogP contribution in [0.2, 0.25) is 0 Å². The Morgan fingerprint density at radius 3 is 2.59 bits per heavy atom. The Labute approximate surface area is 156 Å². The van der Waals surface area contributed by atoms with Gasteiger partial charge in [-0.05, 0) is 35.7 Å². The Morgan fingerprint density at radius 2 is 1.89 bits per heavy atom. The molecule has 0 amide bonds. The quantitative estimate of drug-likeness (QED) is 0.509. The summed E-state index contributed by atoms with van der Waals surface area (Å²) in [5, 5.41) is 16.4. The average molecular weight is 368 g/mol. The van der Waals surface area contributed by atoms with Crippen LogP contribution in [-0.2, 0) is 19.6 Å². The molecule has 2 heterocycles. The van der Waals surface area contributed by atoms with Crippen LogP contribution in [0.15, 0.2) is 36.5 Å². The first-order valence-electron chi connectivity index (χ1n) is 8.65. The Bertz CT molecular complexity index is 1010. The summed E-state index contributed by atoms with van der Waals surface area (Å²) in [4.78, 5) is 12.9. The van der Waals surface area contributed by atoms with Crippen LogP contribution >= 0.6 is 0 Å². The number of nitrogens with zero attached hydrogens (tertiary/aromatic N) is 4. The second kappa shape index (κ2) is 6.88. The van der Waals surface area contributed by atoms with Crippen LogP contribution in [0.25, 0.3) is 10.9 Å². The molecule has 27 heavy (non-hydrogen) atoms. The highest BCUT2D eigenvalue weighted by Gasteiger charge is 2.20. The molecule has 8 nitrogen and oxygen atoms in total. The molecule has 2 aromatic carbocycles. The Balaban J connectivity index is 1.59. The number of nitro groups is 1. The van der Waals surface area contributed by atoms with Crippen molar-refractivity contribution in [1.82, 2.24) is 14.7 Å². The third-order valence-corrected chi connectivity index (χ3v) is 4.97. The Hall–Kier alpha value is -3.13. The van der Waals surface area contributed by atoms with Crippen molar-refractivity contribution >= 4 is 16.6 Å². The number of hydrogen-bond donors (Lipinski definition) is 0. The lowest BCUT2D eigenvalue weighted by Gasteiger charge is -2.29. The lowest BCUT2D eigenvalue weighted by atomic mass is 9.99. The molecule has 0 unspecified atom stereocenters. The van der Waals surface area contributed by atoms with Gasteiger partial charge < -0.3 is 9.47 Å². The molecule has 0 fully saturated rings. The molecule has 0 radical (unpaired) electrons. The fourth-order valence-corrected chi connectivity index (χ4v) is 3.54. The number of fused-ring (bicyclic) bond motifs is 2. The molecule has 0 saturated heterocycles. The molecule has 140 valence electrons. The minimum atomic E-state index is -0.381. The van der Waals surface area contributed by atoms with Crippen LogP contribution in [0.3, 0.4) is 0 Å². The number of ether oxygens (including phenoxy) is 2. The van der Waals surface area contributed by atoms with E-state index in [-0.39, 0.29) is 10.6 Å². The summed E-state index contributed by atoms with van der Waals surface area (Å²) >= 11 is 0. The van der Waals surface area contributed by atoms with Crippen LogP contribution in [0.1, 0.15) is 11.1 Å². The van der Waals surface area contributed by atoms with Crippen molar-refractivity contribution in [3.05, 3.63) is 57.8 Å². The van der Waals surface area contributed by atoms with E-state index in [4.69, 9.17) is 9.47 Å². The zero-order chi connectivity index (χ0) is 19.0. The summed E-state index contributed by atoms with van der Waals surface area (Å²) in [6.07, 6.45) is 2.64. The van der Waals surface area contributed by atoms with E-state index in [2.05, 4.69) is 10.00 Å². The van der Waals surface area contributed by atoms with Gasteiger partial charge in [-0.3, -0.25) is 19.7 Å². The normalized spacial score (nSPS) is 14.1. The van der Waals surface area contributed by atoms with Gasteiger partial charge in [0.1, 0.15) is 0 Å². The van der Waals surface area contributed by atoms with Gasteiger partial charge in [0, 0.05) is 30.6 Å². The molecule has 0 spiro atoms. The lowest BCUT2D eigenvalue weighted by molar-refractivity contribution is -0.384. The highest BCUT2D eigenvalue weighted by molar-refractivity contribution is 5.80. The van der Waals surface area contributed by atoms with Crippen molar-refractivity contribution in [2.24, 2.45) is 0 Å². The van der Waals surface area contributed by atoms with E-state index in [1.807, 2.05) is 16.8 Å². The first kappa shape index (κ1) is 17.3. The third-order valence-electron chi connectivity index (χ3n) is 4.97. The fraction of sp³-hybridized carbons (Fsp3) is 0.316. The number of nitro benzene ring substituents is 1. The van der Waals surface area contributed by atoms with Crippen LogP contribution in [-0.4, -0.2) is 40.4 Å². The van der Waals surface area contributed by atoms with Crippen LogP contribution < -0.4 is 9.47 Å². The SMILES string of the molecule is COc1cc2c(cc1OC)CN(Cn1ncc3ccc([N+](=O)[O-])cc31)CC2. The smallest absolute Gasteiger partial charge is 0.271 e. The number of rotatable bonds is 5. The van der Waals surface area contributed by atoms with E-state index in [1.165, 1.54) is 17.2 Å². The van der Waals surface area contributed by atoms with Gasteiger partial charge in [-0.1, -0.05) is 0 Å². The fourth-order valence-electron chi connectivity index (χ4n) is 3.54. The molecule has 1 aliphatic heterocycles. The van der Waals surface area contributed by atoms with Gasteiger partial charge in [-0.25, -0.2) is 0 Å². The molecule has 0 N–H and O–H groups in total. The summed E-state index contributed by atoms with van der Waals surface area (Å²) in [6.45, 7) is 2.20. The van der Waals surface area contributed by atoms with Crippen LogP contribution in [0.5, 0.6) is 11.5 Å². The topological polar surface area (TPSA) is 82.7 Å².